The Morgan fingerprint density at radius 3 is 2.62 bits per heavy atom. The molecule has 0 radical (unpaired) electrons. The van der Waals surface area contributed by atoms with Gasteiger partial charge < -0.3 is 5.73 Å². The van der Waals surface area contributed by atoms with Crippen molar-refractivity contribution in [2.24, 2.45) is 5.73 Å². The predicted molar refractivity (Wildman–Crippen MR) is 88.4 cm³/mol. The van der Waals surface area contributed by atoms with Crippen LogP contribution in [0.25, 0.3) is 11.1 Å². The van der Waals surface area contributed by atoms with Gasteiger partial charge in [-0.2, -0.15) is 5.10 Å². The molecule has 0 amide bonds. The summed E-state index contributed by atoms with van der Waals surface area (Å²) in [6.07, 6.45) is 4.93. The minimum absolute atomic E-state index is 0.0622. The molecule has 0 aliphatic heterocycles. The van der Waals surface area contributed by atoms with Crippen LogP contribution in [0.15, 0.2) is 60.2 Å². The van der Waals surface area contributed by atoms with Crippen LogP contribution in [-0.2, 0) is 0 Å². The Balaban J connectivity index is 1.96. The minimum Gasteiger partial charge on any atom is -0.326 e. The minimum atomic E-state index is 0.0622. The average molecular weight is 297 g/mol. The summed E-state index contributed by atoms with van der Waals surface area (Å²) < 4.78 is 2.00. The molecule has 2 N–H and O–H groups in total. The maximum atomic E-state index is 6.33. The maximum Gasteiger partial charge on any atom is 0.101 e. The summed E-state index contributed by atoms with van der Waals surface area (Å²) >= 11 is 1.73. The predicted octanol–water partition coefficient (Wildman–Crippen LogP) is 3.94. The Labute approximate surface area is 129 Å². The van der Waals surface area contributed by atoms with Crippen molar-refractivity contribution in [1.82, 2.24) is 9.78 Å². The summed E-state index contributed by atoms with van der Waals surface area (Å²) in [7, 11) is 0. The van der Waals surface area contributed by atoms with E-state index in [0.717, 1.165) is 12.0 Å². The molecule has 2 aromatic heterocycles. The molecule has 3 aromatic rings. The topological polar surface area (TPSA) is 43.8 Å². The molecule has 0 aliphatic rings. The third kappa shape index (κ3) is 2.91. The molecule has 2 unspecified atom stereocenters. The molecule has 0 fully saturated rings. The van der Waals surface area contributed by atoms with Gasteiger partial charge in [-0.1, -0.05) is 43.3 Å². The fourth-order valence-corrected chi connectivity index (χ4v) is 3.38. The van der Waals surface area contributed by atoms with Crippen LogP contribution >= 0.6 is 11.3 Å². The van der Waals surface area contributed by atoms with E-state index in [1.807, 2.05) is 29.1 Å². The van der Waals surface area contributed by atoms with Crippen LogP contribution in [0.1, 0.15) is 24.3 Å². The molecule has 0 bridgehead atoms. The fraction of sp³-hybridized carbons (Fsp3) is 0.235. The van der Waals surface area contributed by atoms with Crippen molar-refractivity contribution in [1.29, 1.82) is 0 Å². The number of aromatic nitrogens is 2. The number of nitrogens with two attached hydrogens (primary N) is 1. The Bertz CT molecular complexity index is 673. The standard InChI is InChI=1S/C17H19N3S/c1-2-15(18)17(16-9-6-10-21-16)20-12-14(11-19-20)13-7-4-3-5-8-13/h3-12,15,17H,2,18H2,1H3. The highest BCUT2D eigenvalue weighted by atomic mass is 32.1. The van der Waals surface area contributed by atoms with Crippen LogP contribution in [-0.4, -0.2) is 15.8 Å². The van der Waals surface area contributed by atoms with Crippen molar-refractivity contribution in [2.75, 3.05) is 0 Å². The number of nitrogens with zero attached hydrogens (tertiary/aromatic N) is 2. The molecule has 3 rings (SSSR count). The van der Waals surface area contributed by atoms with Gasteiger partial charge in [0.15, 0.2) is 0 Å². The Kier molecular flexibility index (Phi) is 4.18. The zero-order valence-corrected chi connectivity index (χ0v) is 12.8. The van der Waals surface area contributed by atoms with E-state index >= 15 is 0 Å². The normalized spacial score (nSPS) is 14.0. The lowest BCUT2D eigenvalue weighted by molar-refractivity contribution is 0.430. The van der Waals surface area contributed by atoms with Gasteiger partial charge in [0.1, 0.15) is 6.04 Å². The van der Waals surface area contributed by atoms with Gasteiger partial charge in [-0.3, -0.25) is 4.68 Å². The molecule has 4 heteroatoms. The van der Waals surface area contributed by atoms with Crippen LogP contribution in [0, 0.1) is 0 Å². The molecule has 1 aromatic carbocycles. The summed E-state index contributed by atoms with van der Waals surface area (Å²) in [5.74, 6) is 0. The van der Waals surface area contributed by atoms with Gasteiger partial charge in [-0.15, -0.1) is 11.3 Å². The molecule has 108 valence electrons. The first-order valence-electron chi connectivity index (χ1n) is 7.18. The van der Waals surface area contributed by atoms with Crippen LogP contribution < -0.4 is 5.73 Å². The smallest absolute Gasteiger partial charge is 0.101 e. The largest absolute Gasteiger partial charge is 0.326 e. The van der Waals surface area contributed by atoms with E-state index in [-0.39, 0.29) is 12.1 Å². The Morgan fingerprint density at radius 2 is 1.95 bits per heavy atom. The molecule has 0 saturated carbocycles. The van der Waals surface area contributed by atoms with E-state index in [1.54, 1.807) is 11.3 Å². The van der Waals surface area contributed by atoms with Crippen molar-refractivity contribution in [3.8, 4) is 11.1 Å². The highest BCUT2D eigenvalue weighted by Crippen LogP contribution is 2.28. The summed E-state index contributed by atoms with van der Waals surface area (Å²) in [5.41, 5.74) is 8.64. The Morgan fingerprint density at radius 1 is 1.14 bits per heavy atom. The maximum absolute atomic E-state index is 6.33. The first-order chi connectivity index (χ1) is 10.3. The lowest BCUT2D eigenvalue weighted by atomic mass is 10.1. The van der Waals surface area contributed by atoms with Crippen LogP contribution in [0.5, 0.6) is 0 Å². The second-order valence-electron chi connectivity index (χ2n) is 5.11. The van der Waals surface area contributed by atoms with Gasteiger partial charge in [0.05, 0.1) is 6.20 Å². The monoisotopic (exact) mass is 297 g/mol. The summed E-state index contributed by atoms with van der Waals surface area (Å²) in [4.78, 5) is 1.26. The number of hydrogen-bond donors (Lipinski definition) is 1. The number of benzene rings is 1. The molecule has 3 nitrogen and oxygen atoms in total. The van der Waals surface area contributed by atoms with Crippen molar-refractivity contribution < 1.29 is 0 Å². The van der Waals surface area contributed by atoms with E-state index in [9.17, 15) is 0 Å². The zero-order chi connectivity index (χ0) is 14.7. The number of rotatable bonds is 5. The summed E-state index contributed by atoms with van der Waals surface area (Å²) in [6.45, 7) is 2.12. The molecule has 2 heterocycles. The molecule has 21 heavy (non-hydrogen) atoms. The van der Waals surface area contributed by atoms with Crippen molar-refractivity contribution in [2.45, 2.75) is 25.4 Å². The van der Waals surface area contributed by atoms with E-state index < -0.39 is 0 Å². The van der Waals surface area contributed by atoms with E-state index in [0.29, 0.717) is 0 Å². The molecular weight excluding hydrogens is 278 g/mol. The number of thiophene rings is 1. The quantitative estimate of drug-likeness (QED) is 0.775. The van der Waals surface area contributed by atoms with Gasteiger partial charge in [0.25, 0.3) is 0 Å². The van der Waals surface area contributed by atoms with Crippen LogP contribution in [0.4, 0.5) is 0 Å². The zero-order valence-electron chi connectivity index (χ0n) is 12.0. The second kappa shape index (κ2) is 6.24. The average Bonchev–Trinajstić information content (AvgIpc) is 3.20. The Hall–Kier alpha value is -1.91. The van der Waals surface area contributed by atoms with Gasteiger partial charge in [0.2, 0.25) is 0 Å². The molecule has 0 saturated heterocycles. The lowest BCUT2D eigenvalue weighted by Crippen LogP contribution is -2.32. The van der Waals surface area contributed by atoms with E-state index in [2.05, 4.69) is 47.9 Å². The number of hydrogen-bond acceptors (Lipinski definition) is 3. The van der Waals surface area contributed by atoms with Crippen molar-refractivity contribution >= 4 is 11.3 Å². The highest BCUT2D eigenvalue weighted by Gasteiger charge is 2.22. The van der Waals surface area contributed by atoms with Gasteiger partial charge in [-0.05, 0) is 23.4 Å². The molecular formula is C17H19N3S. The van der Waals surface area contributed by atoms with Crippen LogP contribution in [0.3, 0.4) is 0 Å². The van der Waals surface area contributed by atoms with Crippen LogP contribution in [0.2, 0.25) is 0 Å². The van der Waals surface area contributed by atoms with Gasteiger partial charge in [0, 0.05) is 22.7 Å². The van der Waals surface area contributed by atoms with E-state index in [1.165, 1.54) is 10.4 Å². The highest BCUT2D eigenvalue weighted by molar-refractivity contribution is 7.10. The van der Waals surface area contributed by atoms with Crippen molar-refractivity contribution in [3.63, 3.8) is 0 Å². The first-order valence-corrected chi connectivity index (χ1v) is 8.06. The third-order valence-corrected chi connectivity index (χ3v) is 4.65. The SMILES string of the molecule is CCC(N)C(c1cccs1)n1cc(-c2ccccc2)cn1. The molecule has 0 aliphatic carbocycles. The van der Waals surface area contributed by atoms with Crippen molar-refractivity contribution in [3.05, 3.63) is 65.1 Å². The summed E-state index contributed by atoms with van der Waals surface area (Å²) in [5, 5.41) is 6.65. The molecule has 0 spiro atoms. The first kappa shape index (κ1) is 14.0. The summed E-state index contributed by atoms with van der Waals surface area (Å²) in [6, 6.07) is 14.7. The van der Waals surface area contributed by atoms with E-state index in [4.69, 9.17) is 5.73 Å². The lowest BCUT2D eigenvalue weighted by Gasteiger charge is -2.22. The fourth-order valence-electron chi connectivity index (χ4n) is 2.49. The molecule has 2 atom stereocenters. The van der Waals surface area contributed by atoms with Gasteiger partial charge in [-0.25, -0.2) is 0 Å². The van der Waals surface area contributed by atoms with Gasteiger partial charge >= 0.3 is 0 Å². The second-order valence-corrected chi connectivity index (χ2v) is 6.09. The third-order valence-electron chi connectivity index (χ3n) is 3.71.